The molecule has 78 valence electrons. The summed E-state index contributed by atoms with van der Waals surface area (Å²) in [5.74, 6) is -0.702. The van der Waals surface area contributed by atoms with Crippen LogP contribution in [0.25, 0.3) is 0 Å². The zero-order valence-electron chi connectivity index (χ0n) is 7.67. The molecule has 1 fully saturated rings. The molecule has 1 saturated carbocycles. The van der Waals surface area contributed by atoms with E-state index >= 15 is 0 Å². The molecule has 1 aromatic carbocycles. The fraction of sp³-hybridized carbons (Fsp3) is 0.300. The number of nitro groups is 1. The van der Waals surface area contributed by atoms with Gasteiger partial charge in [-0.05, 0) is 17.7 Å². The number of carbonyl (C=O) groups is 1. The lowest BCUT2D eigenvalue weighted by Gasteiger charge is -1.96. The molecule has 0 aliphatic heterocycles. The van der Waals surface area contributed by atoms with Crippen LogP contribution in [0, 0.1) is 16.0 Å². The van der Waals surface area contributed by atoms with Gasteiger partial charge in [-0.2, -0.15) is 0 Å². The number of aldehydes is 1. The van der Waals surface area contributed by atoms with E-state index in [-0.39, 0.29) is 10.8 Å². The summed E-state index contributed by atoms with van der Waals surface area (Å²) in [4.78, 5) is 20.9. The first-order chi connectivity index (χ1) is 7.15. The summed E-state index contributed by atoms with van der Waals surface area (Å²) < 4.78 is 0.923. The van der Waals surface area contributed by atoms with E-state index in [1.807, 2.05) is 24.3 Å². The molecule has 1 aliphatic carbocycles. The standard InChI is InChI=1S/C10H8BrNO3/c11-7-3-1-6(2-4-7)9-8(5-13)10(9)12(14)15/h1-5,8-10H/t8-,9-,10-/m1/s1. The predicted molar refractivity (Wildman–Crippen MR) is 57.2 cm³/mol. The number of nitrogens with zero attached hydrogens (tertiary/aromatic N) is 1. The van der Waals surface area contributed by atoms with E-state index in [1.54, 1.807) is 0 Å². The van der Waals surface area contributed by atoms with E-state index in [0.717, 1.165) is 10.0 Å². The van der Waals surface area contributed by atoms with Crippen molar-refractivity contribution in [1.82, 2.24) is 0 Å². The minimum Gasteiger partial charge on any atom is -0.303 e. The van der Waals surface area contributed by atoms with E-state index in [4.69, 9.17) is 0 Å². The number of hydrogen-bond acceptors (Lipinski definition) is 3. The molecule has 0 N–H and O–H groups in total. The van der Waals surface area contributed by atoms with E-state index < -0.39 is 12.0 Å². The molecule has 0 radical (unpaired) electrons. The highest BCUT2D eigenvalue weighted by molar-refractivity contribution is 9.10. The first kappa shape index (κ1) is 10.3. The number of benzene rings is 1. The molecule has 0 bridgehead atoms. The first-order valence-electron chi connectivity index (χ1n) is 4.49. The normalized spacial score (nSPS) is 28.5. The second kappa shape index (κ2) is 3.73. The van der Waals surface area contributed by atoms with Crippen molar-refractivity contribution in [3.05, 3.63) is 44.4 Å². The van der Waals surface area contributed by atoms with Crippen LogP contribution in [-0.4, -0.2) is 17.3 Å². The van der Waals surface area contributed by atoms with E-state index in [1.165, 1.54) is 0 Å². The Morgan fingerprint density at radius 3 is 2.33 bits per heavy atom. The van der Waals surface area contributed by atoms with Gasteiger partial charge in [0, 0.05) is 9.40 Å². The number of hydrogen-bond donors (Lipinski definition) is 0. The van der Waals surface area contributed by atoms with E-state index in [0.29, 0.717) is 6.29 Å². The van der Waals surface area contributed by atoms with Crippen molar-refractivity contribution in [2.75, 3.05) is 0 Å². The van der Waals surface area contributed by atoms with Crippen LogP contribution in [0.2, 0.25) is 0 Å². The number of halogens is 1. The molecule has 15 heavy (non-hydrogen) atoms. The van der Waals surface area contributed by atoms with Crippen LogP contribution in [-0.2, 0) is 4.79 Å². The fourth-order valence-corrected chi connectivity index (χ4v) is 2.12. The van der Waals surface area contributed by atoms with Gasteiger partial charge >= 0.3 is 0 Å². The molecule has 2 rings (SSSR count). The average molecular weight is 270 g/mol. The highest BCUT2D eigenvalue weighted by Gasteiger charge is 2.61. The van der Waals surface area contributed by atoms with Crippen LogP contribution in [0.5, 0.6) is 0 Å². The number of rotatable bonds is 3. The van der Waals surface area contributed by atoms with Gasteiger partial charge in [-0.3, -0.25) is 10.1 Å². The quantitative estimate of drug-likeness (QED) is 0.479. The molecule has 0 spiro atoms. The summed E-state index contributed by atoms with van der Waals surface area (Å²) in [6.07, 6.45) is 0.681. The summed E-state index contributed by atoms with van der Waals surface area (Å²) in [5.41, 5.74) is 0.858. The molecule has 1 aromatic rings. The Kier molecular flexibility index (Phi) is 2.56. The van der Waals surface area contributed by atoms with Crippen LogP contribution in [0.15, 0.2) is 28.7 Å². The second-order valence-corrected chi connectivity index (χ2v) is 4.48. The Labute approximate surface area is 94.6 Å². The van der Waals surface area contributed by atoms with Gasteiger partial charge < -0.3 is 4.79 Å². The van der Waals surface area contributed by atoms with Gasteiger partial charge in [-0.1, -0.05) is 28.1 Å². The van der Waals surface area contributed by atoms with Gasteiger partial charge in [0.1, 0.15) is 6.29 Å². The lowest BCUT2D eigenvalue weighted by atomic mass is 10.1. The number of carbonyl (C=O) groups excluding carboxylic acids is 1. The van der Waals surface area contributed by atoms with Gasteiger partial charge in [-0.15, -0.1) is 0 Å². The molecule has 0 unspecified atom stereocenters. The molecule has 3 atom stereocenters. The Morgan fingerprint density at radius 1 is 1.33 bits per heavy atom. The van der Waals surface area contributed by atoms with E-state index in [9.17, 15) is 14.9 Å². The molecular formula is C10H8BrNO3. The van der Waals surface area contributed by atoms with Crippen LogP contribution < -0.4 is 0 Å². The third-order valence-corrected chi connectivity index (χ3v) is 3.22. The van der Waals surface area contributed by atoms with Crippen molar-refractivity contribution in [2.45, 2.75) is 12.0 Å². The Bertz CT molecular complexity index is 404. The topological polar surface area (TPSA) is 60.2 Å². The van der Waals surface area contributed by atoms with Gasteiger partial charge in [0.25, 0.3) is 0 Å². The maximum Gasteiger partial charge on any atom is 0.231 e. The van der Waals surface area contributed by atoms with Crippen molar-refractivity contribution in [3.8, 4) is 0 Å². The van der Waals surface area contributed by atoms with Crippen LogP contribution in [0.1, 0.15) is 11.5 Å². The Balaban J connectivity index is 2.22. The van der Waals surface area contributed by atoms with Gasteiger partial charge in [0.2, 0.25) is 6.04 Å². The third kappa shape index (κ3) is 1.79. The monoisotopic (exact) mass is 269 g/mol. The summed E-state index contributed by atoms with van der Waals surface area (Å²) in [6.45, 7) is 0. The minimum atomic E-state index is -0.733. The van der Waals surface area contributed by atoms with Crippen LogP contribution >= 0.6 is 15.9 Å². The molecule has 5 heteroatoms. The highest BCUT2D eigenvalue weighted by atomic mass is 79.9. The highest BCUT2D eigenvalue weighted by Crippen LogP contribution is 2.48. The van der Waals surface area contributed by atoms with Gasteiger partial charge in [0.15, 0.2) is 0 Å². The lowest BCUT2D eigenvalue weighted by molar-refractivity contribution is -0.498. The summed E-state index contributed by atoms with van der Waals surface area (Å²) in [6, 6.07) is 6.55. The van der Waals surface area contributed by atoms with Gasteiger partial charge in [-0.25, -0.2) is 0 Å². The Morgan fingerprint density at radius 2 is 1.93 bits per heavy atom. The average Bonchev–Trinajstić information content (AvgIpc) is 2.93. The molecule has 0 amide bonds. The smallest absolute Gasteiger partial charge is 0.231 e. The SMILES string of the molecule is O=C[C@@H]1[C@@H](c2ccc(Br)cc2)[C@@H]1[N+](=O)[O-]. The maximum atomic E-state index is 10.6. The molecule has 4 nitrogen and oxygen atoms in total. The van der Waals surface area contributed by atoms with Gasteiger partial charge in [0.05, 0.1) is 11.8 Å². The predicted octanol–water partition coefficient (Wildman–Crippen LogP) is 2.01. The minimum absolute atomic E-state index is 0.245. The lowest BCUT2D eigenvalue weighted by Crippen LogP contribution is -2.05. The van der Waals surface area contributed by atoms with Crippen molar-refractivity contribution in [3.63, 3.8) is 0 Å². The van der Waals surface area contributed by atoms with Crippen molar-refractivity contribution < 1.29 is 9.72 Å². The van der Waals surface area contributed by atoms with Crippen LogP contribution in [0.4, 0.5) is 0 Å². The molecular weight excluding hydrogens is 262 g/mol. The third-order valence-electron chi connectivity index (χ3n) is 2.69. The Hall–Kier alpha value is -1.23. The largest absolute Gasteiger partial charge is 0.303 e. The van der Waals surface area contributed by atoms with Crippen LogP contribution in [0.3, 0.4) is 0 Å². The maximum absolute atomic E-state index is 10.6. The zero-order chi connectivity index (χ0) is 11.0. The molecule has 0 heterocycles. The molecule has 0 aromatic heterocycles. The van der Waals surface area contributed by atoms with E-state index in [2.05, 4.69) is 15.9 Å². The van der Waals surface area contributed by atoms with Crippen molar-refractivity contribution in [1.29, 1.82) is 0 Å². The molecule has 0 saturated heterocycles. The zero-order valence-corrected chi connectivity index (χ0v) is 9.25. The molecule has 1 aliphatic rings. The summed E-state index contributed by atoms with van der Waals surface area (Å²) in [5, 5.41) is 10.6. The summed E-state index contributed by atoms with van der Waals surface area (Å²) in [7, 11) is 0. The second-order valence-electron chi connectivity index (χ2n) is 3.57. The van der Waals surface area contributed by atoms with Crippen molar-refractivity contribution in [2.24, 2.45) is 5.92 Å². The summed E-state index contributed by atoms with van der Waals surface area (Å²) >= 11 is 3.29. The van der Waals surface area contributed by atoms with Crippen molar-refractivity contribution >= 4 is 22.2 Å². The first-order valence-corrected chi connectivity index (χ1v) is 5.28. The fourth-order valence-electron chi connectivity index (χ4n) is 1.86.